The topological polar surface area (TPSA) is 56.1 Å². The smallest absolute Gasteiger partial charge is 0.293 e. The Hall–Kier alpha value is -1.36. The Bertz CT molecular complexity index is 410. The fourth-order valence-electron chi connectivity index (χ4n) is 1.85. The minimum absolute atomic E-state index is 0.0811. The maximum atomic E-state index is 11.7. The zero-order valence-corrected chi connectivity index (χ0v) is 9.64. The number of anilines is 1. The van der Waals surface area contributed by atoms with Crippen molar-refractivity contribution in [1.29, 1.82) is 0 Å². The van der Waals surface area contributed by atoms with Gasteiger partial charge in [-0.1, -0.05) is 0 Å². The van der Waals surface area contributed by atoms with Crippen molar-refractivity contribution >= 4 is 5.82 Å². The third-order valence-corrected chi connectivity index (χ3v) is 2.85. The molecule has 0 amide bonds. The van der Waals surface area contributed by atoms with Gasteiger partial charge in [0.05, 0.1) is 6.10 Å². The van der Waals surface area contributed by atoms with Gasteiger partial charge in [-0.2, -0.15) is 0 Å². The number of aryl methyl sites for hydroxylation is 1. The largest absolute Gasteiger partial charge is 0.378 e. The Kier molecular flexibility index (Phi) is 3.24. The molecule has 0 spiro atoms. The first kappa shape index (κ1) is 11.1. The van der Waals surface area contributed by atoms with Gasteiger partial charge in [-0.25, -0.2) is 4.98 Å². The average molecular weight is 223 g/mol. The molecule has 1 heterocycles. The van der Waals surface area contributed by atoms with E-state index in [2.05, 4.69) is 10.3 Å². The van der Waals surface area contributed by atoms with Gasteiger partial charge >= 0.3 is 0 Å². The minimum Gasteiger partial charge on any atom is -0.378 e. The molecule has 5 heteroatoms. The molecule has 1 saturated carbocycles. The van der Waals surface area contributed by atoms with E-state index in [1.807, 2.05) is 6.92 Å². The fraction of sp³-hybridized carbons (Fsp3) is 0.636. The van der Waals surface area contributed by atoms with Gasteiger partial charge in [0, 0.05) is 32.1 Å². The summed E-state index contributed by atoms with van der Waals surface area (Å²) in [6, 6.07) is 0.319. The second kappa shape index (κ2) is 4.65. The number of aromatic nitrogens is 2. The highest BCUT2D eigenvalue weighted by atomic mass is 16.5. The summed E-state index contributed by atoms with van der Waals surface area (Å²) in [6.45, 7) is 2.75. The van der Waals surface area contributed by atoms with Gasteiger partial charge in [0.25, 0.3) is 5.56 Å². The highest BCUT2D eigenvalue weighted by molar-refractivity contribution is 5.33. The van der Waals surface area contributed by atoms with E-state index in [4.69, 9.17) is 4.74 Å². The summed E-state index contributed by atoms with van der Waals surface area (Å²) in [6.07, 6.45) is 5.52. The van der Waals surface area contributed by atoms with E-state index in [0.29, 0.717) is 18.0 Å². The summed E-state index contributed by atoms with van der Waals surface area (Å²) in [5.41, 5.74) is -0.0811. The molecule has 2 rings (SSSR count). The molecule has 0 saturated heterocycles. The van der Waals surface area contributed by atoms with Crippen molar-refractivity contribution in [1.82, 2.24) is 9.55 Å². The van der Waals surface area contributed by atoms with E-state index in [-0.39, 0.29) is 5.56 Å². The van der Waals surface area contributed by atoms with Crippen LogP contribution < -0.4 is 10.9 Å². The Morgan fingerprint density at radius 3 is 3.06 bits per heavy atom. The number of ether oxygens (including phenoxy) is 1. The molecule has 1 N–H and O–H groups in total. The first-order valence-electron chi connectivity index (χ1n) is 5.60. The van der Waals surface area contributed by atoms with Crippen molar-refractivity contribution < 1.29 is 4.74 Å². The number of nitrogens with one attached hydrogen (secondary N) is 1. The van der Waals surface area contributed by atoms with Crippen molar-refractivity contribution in [2.45, 2.75) is 31.9 Å². The fourth-order valence-corrected chi connectivity index (χ4v) is 1.85. The number of nitrogens with zero attached hydrogens (tertiary/aromatic N) is 2. The van der Waals surface area contributed by atoms with Crippen LogP contribution in [-0.4, -0.2) is 28.3 Å². The predicted octanol–water partition coefficient (Wildman–Crippen LogP) is 0.760. The van der Waals surface area contributed by atoms with Crippen LogP contribution in [0, 0.1) is 0 Å². The van der Waals surface area contributed by atoms with Gasteiger partial charge in [-0.05, 0) is 19.8 Å². The van der Waals surface area contributed by atoms with Crippen LogP contribution in [0.25, 0.3) is 0 Å². The van der Waals surface area contributed by atoms with E-state index >= 15 is 0 Å². The molecule has 1 fully saturated rings. The molecule has 0 aromatic carbocycles. The summed E-state index contributed by atoms with van der Waals surface area (Å²) in [5, 5.41) is 3.15. The molecule has 16 heavy (non-hydrogen) atoms. The van der Waals surface area contributed by atoms with Gasteiger partial charge in [-0.3, -0.25) is 4.79 Å². The van der Waals surface area contributed by atoms with Crippen molar-refractivity contribution in [3.8, 4) is 0 Å². The molecule has 0 atom stereocenters. The average Bonchev–Trinajstić information content (AvgIpc) is 2.21. The Morgan fingerprint density at radius 2 is 2.38 bits per heavy atom. The van der Waals surface area contributed by atoms with Crippen LogP contribution in [-0.2, 0) is 11.8 Å². The maximum absolute atomic E-state index is 11.7. The van der Waals surface area contributed by atoms with Gasteiger partial charge in [0.15, 0.2) is 5.82 Å². The molecule has 0 unspecified atom stereocenters. The molecule has 0 aliphatic heterocycles. The zero-order valence-electron chi connectivity index (χ0n) is 9.64. The standard InChI is InChI=1S/C11H17N3O2/c1-3-16-9-6-8(7-9)13-10-11(15)14(2)5-4-12-10/h4-5,8-9H,3,6-7H2,1-2H3,(H,12,13). The van der Waals surface area contributed by atoms with Crippen LogP contribution >= 0.6 is 0 Å². The summed E-state index contributed by atoms with van der Waals surface area (Å²) in [5.74, 6) is 0.435. The summed E-state index contributed by atoms with van der Waals surface area (Å²) in [7, 11) is 1.72. The van der Waals surface area contributed by atoms with Crippen LogP contribution in [0.15, 0.2) is 17.2 Å². The lowest BCUT2D eigenvalue weighted by atomic mass is 9.89. The van der Waals surface area contributed by atoms with Crippen LogP contribution in [0.4, 0.5) is 5.82 Å². The van der Waals surface area contributed by atoms with Gasteiger partial charge < -0.3 is 14.6 Å². The maximum Gasteiger partial charge on any atom is 0.293 e. The quantitative estimate of drug-likeness (QED) is 0.818. The Balaban J connectivity index is 1.92. The SMILES string of the molecule is CCOC1CC(Nc2nccn(C)c2=O)C1. The molecule has 1 aromatic rings. The van der Waals surface area contributed by atoms with Gasteiger partial charge in [-0.15, -0.1) is 0 Å². The number of hydrogen-bond donors (Lipinski definition) is 1. The number of hydrogen-bond acceptors (Lipinski definition) is 4. The highest BCUT2D eigenvalue weighted by Crippen LogP contribution is 2.25. The molecule has 1 aliphatic rings. The summed E-state index contributed by atoms with van der Waals surface area (Å²) >= 11 is 0. The first-order chi connectivity index (χ1) is 7.70. The second-order valence-electron chi connectivity index (χ2n) is 4.08. The van der Waals surface area contributed by atoms with Crippen molar-refractivity contribution in [3.63, 3.8) is 0 Å². The van der Waals surface area contributed by atoms with Crippen LogP contribution in [0.5, 0.6) is 0 Å². The molecule has 5 nitrogen and oxygen atoms in total. The van der Waals surface area contributed by atoms with Crippen molar-refractivity contribution in [2.24, 2.45) is 7.05 Å². The Morgan fingerprint density at radius 1 is 1.62 bits per heavy atom. The molecule has 0 bridgehead atoms. The molecule has 1 aromatic heterocycles. The summed E-state index contributed by atoms with van der Waals surface area (Å²) < 4.78 is 6.98. The third-order valence-electron chi connectivity index (χ3n) is 2.85. The van der Waals surface area contributed by atoms with E-state index in [0.717, 1.165) is 19.4 Å². The lowest BCUT2D eigenvalue weighted by molar-refractivity contribution is 0.00289. The number of rotatable bonds is 4. The lowest BCUT2D eigenvalue weighted by Crippen LogP contribution is -2.42. The molecular weight excluding hydrogens is 206 g/mol. The zero-order chi connectivity index (χ0) is 11.5. The van der Waals surface area contributed by atoms with E-state index in [9.17, 15) is 4.79 Å². The highest BCUT2D eigenvalue weighted by Gasteiger charge is 2.30. The minimum atomic E-state index is -0.0811. The third kappa shape index (κ3) is 2.24. The van der Waals surface area contributed by atoms with Crippen LogP contribution in [0.2, 0.25) is 0 Å². The van der Waals surface area contributed by atoms with Crippen molar-refractivity contribution in [2.75, 3.05) is 11.9 Å². The summed E-state index contributed by atoms with van der Waals surface area (Å²) in [4.78, 5) is 15.7. The monoisotopic (exact) mass is 223 g/mol. The van der Waals surface area contributed by atoms with Crippen LogP contribution in [0.3, 0.4) is 0 Å². The van der Waals surface area contributed by atoms with Crippen LogP contribution in [0.1, 0.15) is 19.8 Å². The van der Waals surface area contributed by atoms with E-state index in [1.54, 1.807) is 19.4 Å². The van der Waals surface area contributed by atoms with Crippen molar-refractivity contribution in [3.05, 3.63) is 22.7 Å². The lowest BCUT2D eigenvalue weighted by Gasteiger charge is -2.35. The molecule has 88 valence electrons. The first-order valence-corrected chi connectivity index (χ1v) is 5.60. The van der Waals surface area contributed by atoms with Gasteiger partial charge in [0.1, 0.15) is 0 Å². The van der Waals surface area contributed by atoms with Gasteiger partial charge in [0.2, 0.25) is 0 Å². The molecular formula is C11H17N3O2. The van der Waals surface area contributed by atoms with E-state index < -0.39 is 0 Å². The van der Waals surface area contributed by atoms with E-state index in [1.165, 1.54) is 4.57 Å². The second-order valence-corrected chi connectivity index (χ2v) is 4.08. The Labute approximate surface area is 94.5 Å². The molecule has 0 radical (unpaired) electrons. The normalized spacial score (nSPS) is 23.9. The molecule has 1 aliphatic carbocycles. The predicted molar refractivity (Wildman–Crippen MR) is 61.5 cm³/mol.